The Kier molecular flexibility index (Phi) is 24.3. The number of amides is 2. The minimum atomic E-state index is -0.118. The van der Waals surface area contributed by atoms with Gasteiger partial charge in [-0.1, -0.05) is 167 Å². The van der Waals surface area contributed by atoms with Crippen molar-refractivity contribution < 1.29 is 9.90 Å². The van der Waals surface area contributed by atoms with Gasteiger partial charge in [0.25, 0.3) is 0 Å². The summed E-state index contributed by atoms with van der Waals surface area (Å²) in [5.74, 6) is 0.244. The number of phenols is 1. The van der Waals surface area contributed by atoms with Crippen LogP contribution < -0.4 is 10.6 Å². The summed E-state index contributed by atoms with van der Waals surface area (Å²) < 4.78 is 0. The number of phenolic OH excluding ortho intramolecular Hbond substituents is 1. The lowest BCUT2D eigenvalue weighted by molar-refractivity contribution is 0.240. The van der Waals surface area contributed by atoms with Crippen molar-refractivity contribution in [2.75, 3.05) is 6.54 Å². The Labute approximate surface area is 236 Å². The van der Waals surface area contributed by atoms with E-state index in [9.17, 15) is 9.90 Å². The molecule has 0 spiro atoms. The van der Waals surface area contributed by atoms with Crippen LogP contribution in [0, 0.1) is 0 Å². The van der Waals surface area contributed by atoms with Gasteiger partial charge >= 0.3 is 6.03 Å². The smallest absolute Gasteiger partial charge is 0.315 e. The molecule has 1 aromatic rings. The van der Waals surface area contributed by atoms with Gasteiger partial charge in [-0.15, -0.1) is 0 Å². The van der Waals surface area contributed by atoms with Crippen LogP contribution in [-0.4, -0.2) is 17.7 Å². The van der Waals surface area contributed by atoms with Crippen molar-refractivity contribution >= 4 is 6.03 Å². The number of aromatic hydroxyl groups is 1. The summed E-state index contributed by atoms with van der Waals surface area (Å²) in [4.78, 5) is 11.8. The lowest BCUT2D eigenvalue weighted by atomic mass is 10.0. The van der Waals surface area contributed by atoms with Crippen molar-refractivity contribution in [3.8, 4) is 5.75 Å². The van der Waals surface area contributed by atoms with Gasteiger partial charge in [0.1, 0.15) is 5.75 Å². The third kappa shape index (κ3) is 23.4. The van der Waals surface area contributed by atoms with Gasteiger partial charge in [0.15, 0.2) is 0 Å². The Hall–Kier alpha value is -1.71. The van der Waals surface area contributed by atoms with Gasteiger partial charge in [0.05, 0.1) is 0 Å². The topological polar surface area (TPSA) is 61.4 Å². The molecule has 2 amide bonds. The first kappa shape index (κ1) is 34.3. The van der Waals surface area contributed by atoms with E-state index >= 15 is 0 Å². The van der Waals surface area contributed by atoms with Crippen LogP contribution in [0.25, 0.3) is 0 Å². The molecule has 1 aromatic carbocycles. The Morgan fingerprint density at radius 3 is 1.24 bits per heavy atom. The number of carbonyl (C=O) groups is 1. The molecule has 0 atom stereocenters. The van der Waals surface area contributed by atoms with Crippen molar-refractivity contribution in [1.29, 1.82) is 0 Å². The second-order valence-corrected chi connectivity index (χ2v) is 11.4. The quantitative estimate of drug-likeness (QED) is 0.0990. The van der Waals surface area contributed by atoms with Gasteiger partial charge in [-0.2, -0.15) is 0 Å². The highest BCUT2D eigenvalue weighted by atomic mass is 16.3. The van der Waals surface area contributed by atoms with Gasteiger partial charge < -0.3 is 15.7 Å². The number of unbranched alkanes of at least 4 members (excludes halogenated alkanes) is 23. The third-order valence-electron chi connectivity index (χ3n) is 7.71. The van der Waals surface area contributed by atoms with Crippen molar-refractivity contribution in [3.05, 3.63) is 29.8 Å². The standard InChI is InChI=1S/C34H62N2O2/c1-2-3-4-5-6-7-8-9-10-11-12-13-14-15-16-17-18-19-20-21-22-23-24-25-30-35-34(38)36-31-32-26-28-33(37)29-27-32/h26-29,37H,2-25,30-31H2,1H3,(H2,35,36,38). The van der Waals surface area contributed by atoms with E-state index in [-0.39, 0.29) is 11.8 Å². The molecule has 0 aliphatic rings. The number of rotatable bonds is 27. The van der Waals surface area contributed by atoms with Crippen LogP contribution in [0.15, 0.2) is 24.3 Å². The summed E-state index contributed by atoms with van der Waals surface area (Å²) in [5, 5.41) is 15.1. The Balaban J connectivity index is 1.69. The van der Waals surface area contributed by atoms with Gasteiger partial charge in [-0.05, 0) is 24.1 Å². The fourth-order valence-electron chi connectivity index (χ4n) is 5.15. The number of hydrogen-bond donors (Lipinski definition) is 3. The van der Waals surface area contributed by atoms with Crippen LogP contribution in [-0.2, 0) is 6.54 Å². The molecule has 0 fully saturated rings. The van der Waals surface area contributed by atoms with Crippen molar-refractivity contribution in [1.82, 2.24) is 10.6 Å². The average molecular weight is 531 g/mol. The summed E-state index contributed by atoms with van der Waals surface area (Å²) >= 11 is 0. The maximum atomic E-state index is 11.8. The molecular formula is C34H62N2O2. The maximum absolute atomic E-state index is 11.8. The Morgan fingerprint density at radius 1 is 0.526 bits per heavy atom. The lowest BCUT2D eigenvalue weighted by Gasteiger charge is -2.08. The van der Waals surface area contributed by atoms with Crippen LogP contribution in [0.5, 0.6) is 5.75 Å². The molecule has 4 nitrogen and oxygen atoms in total. The van der Waals surface area contributed by atoms with Crippen LogP contribution in [0.2, 0.25) is 0 Å². The first-order chi connectivity index (χ1) is 18.7. The van der Waals surface area contributed by atoms with Crippen molar-refractivity contribution in [2.24, 2.45) is 0 Å². The highest BCUT2D eigenvalue weighted by Gasteiger charge is 2.00. The molecule has 38 heavy (non-hydrogen) atoms. The Bertz CT molecular complexity index is 632. The van der Waals surface area contributed by atoms with Crippen molar-refractivity contribution in [3.63, 3.8) is 0 Å². The van der Waals surface area contributed by atoms with Crippen LogP contribution >= 0.6 is 0 Å². The lowest BCUT2D eigenvalue weighted by Crippen LogP contribution is -2.35. The number of hydrogen-bond acceptors (Lipinski definition) is 2. The van der Waals surface area contributed by atoms with E-state index in [0.29, 0.717) is 6.54 Å². The number of benzene rings is 1. The summed E-state index contributed by atoms with van der Waals surface area (Å²) in [5.41, 5.74) is 0.979. The van der Waals surface area contributed by atoms with Gasteiger partial charge in [0.2, 0.25) is 0 Å². The molecule has 0 saturated heterocycles. The van der Waals surface area contributed by atoms with Gasteiger partial charge in [-0.3, -0.25) is 0 Å². The zero-order valence-electron chi connectivity index (χ0n) is 25.0. The molecule has 1 rings (SSSR count). The number of urea groups is 1. The first-order valence-electron chi connectivity index (χ1n) is 16.5. The molecule has 0 radical (unpaired) electrons. The molecule has 0 aliphatic heterocycles. The fraction of sp³-hybridized carbons (Fsp3) is 0.794. The van der Waals surface area contributed by atoms with E-state index in [0.717, 1.165) is 18.5 Å². The minimum Gasteiger partial charge on any atom is -0.508 e. The molecule has 3 N–H and O–H groups in total. The zero-order chi connectivity index (χ0) is 27.4. The van der Waals surface area contributed by atoms with E-state index in [4.69, 9.17) is 0 Å². The third-order valence-corrected chi connectivity index (χ3v) is 7.71. The van der Waals surface area contributed by atoms with Crippen molar-refractivity contribution in [2.45, 2.75) is 168 Å². The molecule has 220 valence electrons. The SMILES string of the molecule is CCCCCCCCCCCCCCCCCCCCCCCCCCNC(=O)NCc1ccc(O)cc1. The molecule has 0 saturated carbocycles. The summed E-state index contributed by atoms with van der Waals surface area (Å²) in [6.45, 7) is 3.51. The van der Waals surface area contributed by atoms with E-state index in [1.807, 2.05) is 12.1 Å². The average Bonchev–Trinajstić information content (AvgIpc) is 2.92. The largest absolute Gasteiger partial charge is 0.508 e. The highest BCUT2D eigenvalue weighted by Crippen LogP contribution is 2.15. The minimum absolute atomic E-state index is 0.118. The summed E-state index contributed by atoms with van der Waals surface area (Å²) in [6, 6.07) is 6.78. The van der Waals surface area contributed by atoms with Crippen LogP contribution in [0.4, 0.5) is 4.79 Å². The van der Waals surface area contributed by atoms with Gasteiger partial charge in [-0.25, -0.2) is 4.79 Å². The molecule has 0 bridgehead atoms. The van der Waals surface area contributed by atoms with E-state index in [1.165, 1.54) is 148 Å². The van der Waals surface area contributed by atoms with Crippen LogP contribution in [0.3, 0.4) is 0 Å². The zero-order valence-corrected chi connectivity index (χ0v) is 25.0. The molecule has 0 aromatic heterocycles. The molecule has 0 heterocycles. The number of nitrogens with one attached hydrogen (secondary N) is 2. The molecule has 0 unspecified atom stereocenters. The second-order valence-electron chi connectivity index (χ2n) is 11.4. The summed E-state index contributed by atoms with van der Waals surface area (Å²) in [7, 11) is 0. The van der Waals surface area contributed by atoms with Gasteiger partial charge in [0, 0.05) is 13.1 Å². The highest BCUT2D eigenvalue weighted by molar-refractivity contribution is 5.73. The van der Waals surface area contributed by atoms with E-state index < -0.39 is 0 Å². The normalized spacial score (nSPS) is 11.1. The van der Waals surface area contributed by atoms with E-state index in [1.54, 1.807) is 12.1 Å². The van der Waals surface area contributed by atoms with E-state index in [2.05, 4.69) is 17.6 Å². The van der Waals surface area contributed by atoms with Crippen LogP contribution in [0.1, 0.15) is 167 Å². The predicted molar refractivity (Wildman–Crippen MR) is 165 cm³/mol. The molecule has 4 heteroatoms. The number of carbonyl (C=O) groups excluding carboxylic acids is 1. The Morgan fingerprint density at radius 2 is 0.868 bits per heavy atom. The fourth-order valence-corrected chi connectivity index (χ4v) is 5.15. The predicted octanol–water partition coefficient (Wildman–Crippen LogP) is 10.6. The first-order valence-corrected chi connectivity index (χ1v) is 16.5. The molecule has 0 aliphatic carbocycles. The summed E-state index contributed by atoms with van der Waals surface area (Å²) in [6.07, 6.45) is 33.6. The molecular weight excluding hydrogens is 468 g/mol. The monoisotopic (exact) mass is 530 g/mol. The second kappa shape index (κ2) is 26.9. The maximum Gasteiger partial charge on any atom is 0.315 e.